The zero-order chi connectivity index (χ0) is 14.6. The van der Waals surface area contributed by atoms with Gasteiger partial charge in [0.05, 0.1) is 11.4 Å². The van der Waals surface area contributed by atoms with Crippen LogP contribution >= 0.6 is 0 Å². The second kappa shape index (κ2) is 6.25. The van der Waals surface area contributed by atoms with Gasteiger partial charge in [-0.3, -0.25) is 0 Å². The summed E-state index contributed by atoms with van der Waals surface area (Å²) in [6.07, 6.45) is 11.7. The molecule has 0 heterocycles. The second-order valence-corrected chi connectivity index (χ2v) is 7.02. The average molecular weight is 289 g/mol. The molecule has 0 amide bonds. The highest BCUT2D eigenvalue weighted by Gasteiger charge is 2.23. The van der Waals surface area contributed by atoms with Gasteiger partial charge in [0.1, 0.15) is 0 Å². The van der Waals surface area contributed by atoms with Gasteiger partial charge >= 0.3 is 0 Å². The first-order valence-electron chi connectivity index (χ1n) is 6.71. The minimum Gasteiger partial charge on any atom is -0.207 e. The summed E-state index contributed by atoms with van der Waals surface area (Å²) in [4.78, 5) is 0.290. The molecule has 2 rings (SSSR count). The standard InChI is InChI=1S/C16H19NO2S/c1-3-12-17(13-4-5-15-8-9-15)20(18,19)16-10-6-14(2)7-11-16/h1,4-7,10-11,15H,8-9,12-13H2,2H3/b5-4+. The van der Waals surface area contributed by atoms with Crippen molar-refractivity contribution >= 4 is 10.0 Å². The van der Waals surface area contributed by atoms with Crippen LogP contribution in [-0.2, 0) is 10.0 Å². The fourth-order valence-electron chi connectivity index (χ4n) is 1.87. The number of nitrogens with zero attached hydrogens (tertiary/aromatic N) is 1. The third-order valence-corrected chi connectivity index (χ3v) is 5.09. The number of hydrogen-bond donors (Lipinski definition) is 0. The molecular formula is C16H19NO2S. The van der Waals surface area contributed by atoms with Gasteiger partial charge < -0.3 is 0 Å². The van der Waals surface area contributed by atoms with E-state index in [9.17, 15) is 8.42 Å². The maximum absolute atomic E-state index is 12.5. The lowest BCUT2D eigenvalue weighted by Crippen LogP contribution is -2.31. The lowest BCUT2D eigenvalue weighted by atomic mass is 10.2. The highest BCUT2D eigenvalue weighted by atomic mass is 32.2. The molecular weight excluding hydrogens is 270 g/mol. The zero-order valence-corrected chi connectivity index (χ0v) is 12.4. The zero-order valence-electron chi connectivity index (χ0n) is 11.6. The molecule has 1 saturated carbocycles. The molecule has 0 aliphatic heterocycles. The second-order valence-electron chi connectivity index (χ2n) is 5.08. The third kappa shape index (κ3) is 3.72. The van der Waals surface area contributed by atoms with E-state index in [1.54, 1.807) is 24.3 Å². The monoisotopic (exact) mass is 289 g/mol. The largest absolute Gasteiger partial charge is 0.244 e. The minimum atomic E-state index is -3.52. The summed E-state index contributed by atoms with van der Waals surface area (Å²) in [5.41, 5.74) is 1.03. The van der Waals surface area contributed by atoms with Gasteiger partial charge in [-0.25, -0.2) is 8.42 Å². The first-order valence-corrected chi connectivity index (χ1v) is 8.15. The molecule has 1 aromatic rings. The number of allylic oxidation sites excluding steroid dienone is 1. The molecule has 0 unspecified atom stereocenters. The molecule has 0 N–H and O–H groups in total. The van der Waals surface area contributed by atoms with Gasteiger partial charge in [0, 0.05) is 6.54 Å². The minimum absolute atomic E-state index is 0.0885. The summed E-state index contributed by atoms with van der Waals surface area (Å²) in [7, 11) is -3.52. The molecule has 0 saturated heterocycles. The van der Waals surface area contributed by atoms with E-state index in [1.807, 2.05) is 13.0 Å². The molecule has 20 heavy (non-hydrogen) atoms. The molecule has 0 atom stereocenters. The fourth-order valence-corrected chi connectivity index (χ4v) is 3.17. The quantitative estimate of drug-likeness (QED) is 0.596. The van der Waals surface area contributed by atoms with E-state index in [1.165, 1.54) is 17.1 Å². The van der Waals surface area contributed by atoms with Gasteiger partial charge in [0.15, 0.2) is 0 Å². The Bertz CT molecular complexity index is 619. The van der Waals surface area contributed by atoms with Crippen molar-refractivity contribution in [2.24, 2.45) is 5.92 Å². The molecule has 1 aliphatic rings. The summed E-state index contributed by atoms with van der Waals surface area (Å²) in [6, 6.07) is 6.83. The van der Waals surface area contributed by atoms with Crippen molar-refractivity contribution in [2.45, 2.75) is 24.7 Å². The van der Waals surface area contributed by atoms with Crippen molar-refractivity contribution in [3.8, 4) is 12.3 Å². The number of hydrogen-bond acceptors (Lipinski definition) is 2. The number of aryl methyl sites for hydroxylation is 1. The molecule has 0 aromatic heterocycles. The van der Waals surface area contributed by atoms with Gasteiger partial charge in [0.25, 0.3) is 0 Å². The van der Waals surface area contributed by atoms with Crippen molar-refractivity contribution in [1.29, 1.82) is 0 Å². The van der Waals surface area contributed by atoms with Crippen LogP contribution in [0.1, 0.15) is 18.4 Å². The van der Waals surface area contributed by atoms with Crippen molar-refractivity contribution in [3.63, 3.8) is 0 Å². The van der Waals surface area contributed by atoms with Crippen molar-refractivity contribution in [3.05, 3.63) is 42.0 Å². The molecule has 0 radical (unpaired) electrons. The molecule has 0 spiro atoms. The van der Waals surface area contributed by atoms with E-state index in [4.69, 9.17) is 6.42 Å². The van der Waals surface area contributed by atoms with E-state index in [0.717, 1.165) is 5.56 Å². The van der Waals surface area contributed by atoms with E-state index < -0.39 is 10.0 Å². The first-order chi connectivity index (χ1) is 9.54. The number of sulfonamides is 1. The Labute approximate surface area is 121 Å². The Morgan fingerprint density at radius 2 is 2.00 bits per heavy atom. The molecule has 4 heteroatoms. The molecule has 3 nitrogen and oxygen atoms in total. The van der Waals surface area contributed by atoms with E-state index in [2.05, 4.69) is 12.0 Å². The van der Waals surface area contributed by atoms with Gasteiger partial charge in [-0.1, -0.05) is 35.8 Å². The number of rotatable bonds is 6. The van der Waals surface area contributed by atoms with Gasteiger partial charge in [0.2, 0.25) is 10.0 Å². The molecule has 1 fully saturated rings. The predicted octanol–water partition coefficient (Wildman–Crippen LogP) is 2.59. The van der Waals surface area contributed by atoms with Gasteiger partial charge in [-0.05, 0) is 37.8 Å². The maximum atomic E-state index is 12.5. The van der Waals surface area contributed by atoms with Crippen LogP contribution in [0.25, 0.3) is 0 Å². The van der Waals surface area contributed by atoms with E-state index in [-0.39, 0.29) is 11.4 Å². The summed E-state index contributed by atoms with van der Waals surface area (Å²) in [5.74, 6) is 3.05. The topological polar surface area (TPSA) is 37.4 Å². The van der Waals surface area contributed by atoms with Gasteiger partial charge in [-0.15, -0.1) is 6.42 Å². The van der Waals surface area contributed by atoms with E-state index >= 15 is 0 Å². The highest BCUT2D eigenvalue weighted by Crippen LogP contribution is 2.30. The average Bonchev–Trinajstić information content (AvgIpc) is 3.22. The summed E-state index contributed by atoms with van der Waals surface area (Å²) >= 11 is 0. The van der Waals surface area contributed by atoms with Crippen LogP contribution < -0.4 is 0 Å². The van der Waals surface area contributed by atoms with Crippen LogP contribution in [0.5, 0.6) is 0 Å². The van der Waals surface area contributed by atoms with Crippen LogP contribution in [0.3, 0.4) is 0 Å². The summed E-state index contributed by atoms with van der Waals surface area (Å²) in [6.45, 7) is 2.34. The fraction of sp³-hybridized carbons (Fsp3) is 0.375. The first kappa shape index (κ1) is 14.8. The van der Waals surface area contributed by atoms with Crippen molar-refractivity contribution < 1.29 is 8.42 Å². The normalized spacial score (nSPS) is 15.7. The molecule has 1 aromatic carbocycles. The Hall–Kier alpha value is -1.57. The van der Waals surface area contributed by atoms with E-state index in [0.29, 0.717) is 12.5 Å². The summed E-state index contributed by atoms with van der Waals surface area (Å²) < 4.78 is 26.4. The van der Waals surface area contributed by atoms with Crippen LogP contribution in [0.2, 0.25) is 0 Å². The lowest BCUT2D eigenvalue weighted by Gasteiger charge is -2.18. The van der Waals surface area contributed by atoms with Gasteiger partial charge in [-0.2, -0.15) is 4.31 Å². The van der Waals surface area contributed by atoms with Crippen LogP contribution in [0.15, 0.2) is 41.3 Å². The molecule has 0 bridgehead atoms. The highest BCUT2D eigenvalue weighted by molar-refractivity contribution is 7.89. The van der Waals surface area contributed by atoms with Crippen molar-refractivity contribution in [2.75, 3.05) is 13.1 Å². The molecule has 106 valence electrons. The van der Waals surface area contributed by atoms with Crippen LogP contribution in [0.4, 0.5) is 0 Å². The summed E-state index contributed by atoms with van der Waals surface area (Å²) in [5, 5.41) is 0. The predicted molar refractivity (Wildman–Crippen MR) is 80.6 cm³/mol. The molecule has 1 aliphatic carbocycles. The third-order valence-electron chi connectivity index (χ3n) is 3.27. The van der Waals surface area contributed by atoms with Crippen molar-refractivity contribution in [1.82, 2.24) is 4.31 Å². The lowest BCUT2D eigenvalue weighted by molar-refractivity contribution is 0.477. The Morgan fingerprint density at radius 1 is 1.35 bits per heavy atom. The maximum Gasteiger partial charge on any atom is 0.244 e. The Kier molecular flexibility index (Phi) is 4.64. The van der Waals surface area contributed by atoms with Crippen LogP contribution in [-0.4, -0.2) is 25.8 Å². The smallest absolute Gasteiger partial charge is 0.207 e. The SMILES string of the molecule is C#CCN(C/C=C/C1CC1)S(=O)(=O)c1ccc(C)cc1. The number of benzene rings is 1. The Morgan fingerprint density at radius 3 is 2.55 bits per heavy atom. The Balaban J connectivity index is 2.17. The number of terminal acetylenes is 1. The van der Waals surface area contributed by atoms with Crippen LogP contribution in [0, 0.1) is 25.2 Å².